The Bertz CT molecular complexity index is 550. The first-order valence-electron chi connectivity index (χ1n) is 6.97. The Kier molecular flexibility index (Phi) is 5.17. The lowest BCUT2D eigenvalue weighted by Crippen LogP contribution is -2.44. The van der Waals surface area contributed by atoms with Crippen molar-refractivity contribution in [2.24, 2.45) is 0 Å². The molecule has 0 aromatic heterocycles. The lowest BCUT2D eigenvalue weighted by molar-refractivity contribution is -0.137. The van der Waals surface area contributed by atoms with Crippen LogP contribution >= 0.6 is 11.6 Å². The van der Waals surface area contributed by atoms with Crippen molar-refractivity contribution < 1.29 is 19.1 Å². The number of amides is 1. The van der Waals surface area contributed by atoms with Gasteiger partial charge in [0, 0.05) is 24.0 Å². The quantitative estimate of drug-likeness (QED) is 0.927. The monoisotopic (exact) mass is 313 g/mol. The number of rotatable bonds is 4. The van der Waals surface area contributed by atoms with E-state index in [0.29, 0.717) is 13.0 Å². The molecule has 0 spiro atoms. The Labute approximate surface area is 127 Å². The summed E-state index contributed by atoms with van der Waals surface area (Å²) in [4.78, 5) is 24.8. The Morgan fingerprint density at radius 1 is 1.38 bits per heavy atom. The molecule has 1 N–H and O–H groups in total. The number of carbonyl (C=O) groups is 2. The standard InChI is InChI=1S/C15H17ClFNO3/c16-10-4-6-12(13(17)9-10)15(21)18-8-2-1-3-11(18)5-7-14(19)20/h4,6,9,11H,1-3,5,7-8H2,(H,19,20)/t11-/m1/s1. The third kappa shape index (κ3) is 3.94. The molecule has 1 amide bonds. The summed E-state index contributed by atoms with van der Waals surface area (Å²) in [6, 6.07) is 3.83. The van der Waals surface area contributed by atoms with Crippen LogP contribution in [0.25, 0.3) is 0 Å². The van der Waals surface area contributed by atoms with Crippen LogP contribution in [0.2, 0.25) is 5.02 Å². The molecule has 1 atom stereocenters. The molecule has 0 saturated carbocycles. The molecule has 0 bridgehead atoms. The molecule has 1 aliphatic heterocycles. The van der Waals surface area contributed by atoms with Crippen molar-refractivity contribution in [1.82, 2.24) is 4.90 Å². The fraction of sp³-hybridized carbons (Fsp3) is 0.467. The average Bonchev–Trinajstić information content (AvgIpc) is 2.45. The van der Waals surface area contributed by atoms with Gasteiger partial charge in [0.1, 0.15) is 5.82 Å². The zero-order valence-corrected chi connectivity index (χ0v) is 12.3. The van der Waals surface area contributed by atoms with Crippen molar-refractivity contribution in [2.75, 3.05) is 6.54 Å². The molecule has 1 heterocycles. The van der Waals surface area contributed by atoms with Gasteiger partial charge in [-0.25, -0.2) is 4.39 Å². The zero-order valence-electron chi connectivity index (χ0n) is 11.5. The van der Waals surface area contributed by atoms with E-state index in [1.54, 1.807) is 4.90 Å². The second kappa shape index (κ2) is 6.89. The number of hydrogen-bond acceptors (Lipinski definition) is 2. The lowest BCUT2D eigenvalue weighted by atomic mass is 9.97. The highest BCUT2D eigenvalue weighted by atomic mass is 35.5. The largest absolute Gasteiger partial charge is 0.481 e. The molecule has 0 unspecified atom stereocenters. The van der Waals surface area contributed by atoms with Crippen molar-refractivity contribution in [3.8, 4) is 0 Å². The minimum absolute atomic E-state index is 0.0115. The molecule has 114 valence electrons. The normalized spacial score (nSPS) is 18.6. The van der Waals surface area contributed by atoms with Gasteiger partial charge in [0.05, 0.1) is 5.56 Å². The van der Waals surface area contributed by atoms with Gasteiger partial charge in [-0.05, 0) is 43.9 Å². The number of nitrogens with zero attached hydrogens (tertiary/aromatic N) is 1. The minimum Gasteiger partial charge on any atom is -0.481 e. The van der Waals surface area contributed by atoms with Gasteiger partial charge < -0.3 is 10.0 Å². The van der Waals surface area contributed by atoms with Gasteiger partial charge in [-0.3, -0.25) is 9.59 Å². The summed E-state index contributed by atoms with van der Waals surface area (Å²) in [5, 5.41) is 9.02. The van der Waals surface area contributed by atoms with Crippen LogP contribution in [0.15, 0.2) is 18.2 Å². The van der Waals surface area contributed by atoms with Crippen molar-refractivity contribution in [3.05, 3.63) is 34.6 Å². The molecule has 6 heteroatoms. The van der Waals surface area contributed by atoms with Crippen molar-refractivity contribution >= 4 is 23.5 Å². The first kappa shape index (κ1) is 15.8. The molecule has 1 aromatic carbocycles. The number of likely N-dealkylation sites (tertiary alicyclic amines) is 1. The van der Waals surface area contributed by atoms with Crippen LogP contribution in [0.5, 0.6) is 0 Å². The minimum atomic E-state index is -0.884. The number of benzene rings is 1. The van der Waals surface area contributed by atoms with Crippen molar-refractivity contribution in [1.29, 1.82) is 0 Å². The molecule has 0 aliphatic carbocycles. The van der Waals surface area contributed by atoms with E-state index >= 15 is 0 Å². The Morgan fingerprint density at radius 2 is 2.14 bits per heavy atom. The second-order valence-electron chi connectivity index (χ2n) is 5.20. The van der Waals surface area contributed by atoms with Gasteiger partial charge in [-0.2, -0.15) is 0 Å². The summed E-state index contributed by atoms with van der Waals surface area (Å²) in [5.41, 5.74) is -0.0124. The van der Waals surface area contributed by atoms with Crippen LogP contribution in [-0.4, -0.2) is 34.5 Å². The van der Waals surface area contributed by atoms with E-state index in [4.69, 9.17) is 16.7 Å². The maximum atomic E-state index is 13.9. The predicted molar refractivity (Wildman–Crippen MR) is 77.0 cm³/mol. The highest BCUT2D eigenvalue weighted by Crippen LogP contribution is 2.24. The first-order chi connectivity index (χ1) is 9.99. The van der Waals surface area contributed by atoms with E-state index in [1.807, 2.05) is 0 Å². The number of carbonyl (C=O) groups excluding carboxylic acids is 1. The summed E-state index contributed by atoms with van der Waals surface area (Å²) >= 11 is 5.69. The number of hydrogen-bond donors (Lipinski definition) is 1. The molecule has 1 aliphatic rings. The number of aliphatic carboxylic acids is 1. The Hall–Kier alpha value is -1.62. The van der Waals surface area contributed by atoms with Crippen LogP contribution in [0.4, 0.5) is 4.39 Å². The molecule has 1 saturated heterocycles. The SMILES string of the molecule is O=C(O)CC[C@H]1CCCCN1C(=O)c1ccc(Cl)cc1F. The molecular weight excluding hydrogens is 297 g/mol. The molecule has 1 fully saturated rings. The third-order valence-corrected chi connectivity index (χ3v) is 3.98. The van der Waals surface area contributed by atoms with E-state index < -0.39 is 11.8 Å². The number of halogens is 2. The van der Waals surface area contributed by atoms with Gasteiger partial charge in [0.2, 0.25) is 0 Å². The summed E-state index contributed by atoms with van der Waals surface area (Å²) < 4.78 is 13.9. The highest BCUT2D eigenvalue weighted by molar-refractivity contribution is 6.30. The van der Waals surface area contributed by atoms with Crippen LogP contribution in [0, 0.1) is 5.82 Å². The van der Waals surface area contributed by atoms with E-state index in [-0.39, 0.29) is 29.0 Å². The van der Waals surface area contributed by atoms with E-state index in [1.165, 1.54) is 12.1 Å². The molecule has 21 heavy (non-hydrogen) atoms. The van der Waals surface area contributed by atoms with E-state index in [2.05, 4.69) is 0 Å². The van der Waals surface area contributed by atoms with Gasteiger partial charge in [0.25, 0.3) is 5.91 Å². The van der Waals surface area contributed by atoms with Gasteiger partial charge in [0.15, 0.2) is 0 Å². The van der Waals surface area contributed by atoms with Crippen molar-refractivity contribution in [3.63, 3.8) is 0 Å². The van der Waals surface area contributed by atoms with E-state index in [9.17, 15) is 14.0 Å². The summed E-state index contributed by atoms with van der Waals surface area (Å²) in [6.07, 6.45) is 2.98. The fourth-order valence-corrected chi connectivity index (χ4v) is 2.83. The van der Waals surface area contributed by atoms with Crippen LogP contribution < -0.4 is 0 Å². The number of piperidine rings is 1. The first-order valence-corrected chi connectivity index (χ1v) is 7.34. The van der Waals surface area contributed by atoms with Crippen LogP contribution in [0.3, 0.4) is 0 Å². The third-order valence-electron chi connectivity index (χ3n) is 3.74. The number of carboxylic acids is 1. The molecular formula is C15H17ClFNO3. The van der Waals surface area contributed by atoms with Gasteiger partial charge in [-0.1, -0.05) is 11.6 Å². The zero-order chi connectivity index (χ0) is 15.4. The summed E-state index contributed by atoms with van der Waals surface area (Å²) in [5.74, 6) is -1.92. The predicted octanol–water partition coefficient (Wildman–Crippen LogP) is 3.34. The smallest absolute Gasteiger partial charge is 0.303 e. The Morgan fingerprint density at radius 3 is 2.81 bits per heavy atom. The van der Waals surface area contributed by atoms with Gasteiger partial charge in [-0.15, -0.1) is 0 Å². The van der Waals surface area contributed by atoms with Crippen molar-refractivity contribution in [2.45, 2.75) is 38.1 Å². The summed E-state index contributed by atoms with van der Waals surface area (Å²) in [6.45, 7) is 0.533. The highest BCUT2D eigenvalue weighted by Gasteiger charge is 2.29. The maximum absolute atomic E-state index is 13.9. The molecule has 2 rings (SSSR count). The maximum Gasteiger partial charge on any atom is 0.303 e. The van der Waals surface area contributed by atoms with Crippen LogP contribution in [-0.2, 0) is 4.79 Å². The van der Waals surface area contributed by atoms with Gasteiger partial charge >= 0.3 is 5.97 Å². The second-order valence-corrected chi connectivity index (χ2v) is 5.64. The molecule has 1 aromatic rings. The molecule has 4 nitrogen and oxygen atoms in total. The topological polar surface area (TPSA) is 57.6 Å². The van der Waals surface area contributed by atoms with Crippen LogP contribution in [0.1, 0.15) is 42.5 Å². The fourth-order valence-electron chi connectivity index (χ4n) is 2.68. The van der Waals surface area contributed by atoms with E-state index in [0.717, 1.165) is 25.3 Å². The average molecular weight is 314 g/mol. The lowest BCUT2D eigenvalue weighted by Gasteiger charge is -2.35. The Balaban J connectivity index is 2.16. The molecule has 0 radical (unpaired) electrons. The number of carboxylic acid groups (broad SMARTS) is 1. The summed E-state index contributed by atoms with van der Waals surface area (Å²) in [7, 11) is 0.